The van der Waals surface area contributed by atoms with E-state index in [0.717, 1.165) is 12.8 Å². The summed E-state index contributed by atoms with van der Waals surface area (Å²) in [5.41, 5.74) is 2.61. The second-order valence-electron chi connectivity index (χ2n) is 4.66. The molecule has 0 bridgehead atoms. The highest BCUT2D eigenvalue weighted by molar-refractivity contribution is 5.32. The smallest absolute Gasteiger partial charge is 0.103 e. The predicted octanol–water partition coefficient (Wildman–Crippen LogP) is 4.63. The van der Waals surface area contributed by atoms with Crippen LogP contribution >= 0.6 is 0 Å². The van der Waals surface area contributed by atoms with Gasteiger partial charge < -0.3 is 0 Å². The Morgan fingerprint density at radius 3 is 2.79 bits per heavy atom. The van der Waals surface area contributed by atoms with Crippen molar-refractivity contribution in [3.63, 3.8) is 0 Å². The lowest BCUT2D eigenvalue weighted by atomic mass is 9.86. The van der Waals surface area contributed by atoms with Crippen LogP contribution in [0.15, 0.2) is 23.0 Å². The van der Waals surface area contributed by atoms with Gasteiger partial charge in [-0.3, -0.25) is 0 Å². The zero-order valence-corrected chi connectivity index (χ0v) is 9.73. The van der Waals surface area contributed by atoms with Crippen molar-refractivity contribution in [2.75, 3.05) is 0 Å². The second-order valence-corrected chi connectivity index (χ2v) is 4.66. The van der Waals surface area contributed by atoms with E-state index < -0.39 is 0 Å². The molecule has 0 saturated carbocycles. The molecule has 0 fully saturated rings. The zero-order chi connectivity index (χ0) is 10.7. The summed E-state index contributed by atoms with van der Waals surface area (Å²) in [4.78, 5) is 0. The number of hydrogen-bond donors (Lipinski definition) is 0. The average molecular weight is 196 g/mol. The molecule has 0 N–H and O–H groups in total. The molecular weight excluding hydrogens is 175 g/mol. The molecule has 2 unspecified atom stereocenters. The summed E-state index contributed by atoms with van der Waals surface area (Å²) in [5.74, 6) is 0.821. The minimum Gasteiger partial charge on any atom is -0.212 e. The van der Waals surface area contributed by atoms with E-state index in [-0.39, 0.29) is 11.7 Å². The van der Waals surface area contributed by atoms with Gasteiger partial charge in [-0.05, 0) is 37.3 Å². The van der Waals surface area contributed by atoms with Crippen LogP contribution in [0.4, 0.5) is 4.39 Å². The van der Waals surface area contributed by atoms with Crippen molar-refractivity contribution < 1.29 is 4.39 Å². The van der Waals surface area contributed by atoms with Crippen LogP contribution in [0.1, 0.15) is 47.0 Å². The van der Waals surface area contributed by atoms with E-state index in [1.807, 2.05) is 6.92 Å². The first-order valence-electron chi connectivity index (χ1n) is 5.60. The van der Waals surface area contributed by atoms with Crippen LogP contribution < -0.4 is 0 Å². The van der Waals surface area contributed by atoms with Gasteiger partial charge in [-0.15, -0.1) is 0 Å². The molecule has 0 heterocycles. The van der Waals surface area contributed by atoms with Gasteiger partial charge in [0.1, 0.15) is 5.83 Å². The fraction of sp³-hybridized carbons (Fsp3) is 0.692. The minimum absolute atomic E-state index is 0.0638. The molecule has 0 nitrogen and oxygen atoms in total. The summed E-state index contributed by atoms with van der Waals surface area (Å²) in [5, 5.41) is 0. The van der Waals surface area contributed by atoms with Crippen LogP contribution in [0.5, 0.6) is 0 Å². The highest BCUT2D eigenvalue weighted by atomic mass is 19.1. The van der Waals surface area contributed by atoms with Gasteiger partial charge in [0.25, 0.3) is 0 Å². The fourth-order valence-corrected chi connectivity index (χ4v) is 1.87. The molecule has 0 aromatic heterocycles. The molecule has 0 aromatic rings. The molecule has 0 aliphatic heterocycles. The Balaban J connectivity index is 2.73. The van der Waals surface area contributed by atoms with Crippen molar-refractivity contribution in [3.05, 3.63) is 23.0 Å². The lowest BCUT2D eigenvalue weighted by molar-refractivity contribution is 0.471. The molecule has 1 heteroatoms. The quantitative estimate of drug-likeness (QED) is 0.617. The molecule has 0 aromatic carbocycles. The van der Waals surface area contributed by atoms with Crippen LogP contribution in [-0.2, 0) is 0 Å². The second kappa shape index (κ2) is 4.77. The Morgan fingerprint density at radius 2 is 2.21 bits per heavy atom. The molecule has 1 aliphatic carbocycles. The van der Waals surface area contributed by atoms with Gasteiger partial charge in [-0.1, -0.05) is 32.8 Å². The lowest BCUT2D eigenvalue weighted by Gasteiger charge is -2.21. The standard InChI is InChI=1S/C13H21F/c1-5-9(2)6-12-8-13(14)11(4)7-10(12)3/h8-9,11H,5-7H2,1-4H3. The Labute approximate surface area is 86.9 Å². The Hall–Kier alpha value is -0.590. The van der Waals surface area contributed by atoms with Gasteiger partial charge in [-0.2, -0.15) is 0 Å². The Morgan fingerprint density at radius 1 is 1.57 bits per heavy atom. The maximum absolute atomic E-state index is 13.4. The maximum Gasteiger partial charge on any atom is 0.103 e. The van der Waals surface area contributed by atoms with E-state index in [9.17, 15) is 4.39 Å². The van der Waals surface area contributed by atoms with Crippen LogP contribution in [0, 0.1) is 11.8 Å². The number of halogens is 1. The van der Waals surface area contributed by atoms with Crippen LogP contribution in [0.25, 0.3) is 0 Å². The van der Waals surface area contributed by atoms with E-state index in [0.29, 0.717) is 5.92 Å². The molecule has 2 atom stereocenters. The Bertz CT molecular complexity index is 260. The average Bonchev–Trinajstić information content (AvgIpc) is 2.14. The van der Waals surface area contributed by atoms with Gasteiger partial charge in [0.2, 0.25) is 0 Å². The van der Waals surface area contributed by atoms with Crippen molar-refractivity contribution in [1.29, 1.82) is 0 Å². The van der Waals surface area contributed by atoms with Crippen molar-refractivity contribution >= 4 is 0 Å². The fourth-order valence-electron chi connectivity index (χ4n) is 1.87. The third kappa shape index (κ3) is 2.70. The first kappa shape index (κ1) is 11.5. The van der Waals surface area contributed by atoms with Crippen LogP contribution in [0.2, 0.25) is 0 Å². The first-order valence-corrected chi connectivity index (χ1v) is 5.60. The first-order chi connectivity index (χ1) is 6.54. The maximum atomic E-state index is 13.4. The largest absolute Gasteiger partial charge is 0.212 e. The molecule has 0 radical (unpaired) electrons. The molecule has 1 aliphatic rings. The van der Waals surface area contributed by atoms with E-state index in [1.165, 1.54) is 17.6 Å². The molecule has 80 valence electrons. The van der Waals surface area contributed by atoms with Gasteiger partial charge in [0.15, 0.2) is 0 Å². The van der Waals surface area contributed by atoms with Gasteiger partial charge >= 0.3 is 0 Å². The highest BCUT2D eigenvalue weighted by Gasteiger charge is 2.18. The zero-order valence-electron chi connectivity index (χ0n) is 9.73. The summed E-state index contributed by atoms with van der Waals surface area (Å²) < 4.78 is 13.4. The summed E-state index contributed by atoms with van der Waals surface area (Å²) >= 11 is 0. The van der Waals surface area contributed by atoms with Crippen LogP contribution in [0.3, 0.4) is 0 Å². The lowest BCUT2D eigenvalue weighted by Crippen LogP contribution is -2.06. The summed E-state index contributed by atoms with van der Waals surface area (Å²) in [7, 11) is 0. The van der Waals surface area contributed by atoms with Gasteiger partial charge in [0, 0.05) is 5.92 Å². The van der Waals surface area contributed by atoms with Crippen LogP contribution in [-0.4, -0.2) is 0 Å². The van der Waals surface area contributed by atoms with E-state index in [4.69, 9.17) is 0 Å². The van der Waals surface area contributed by atoms with Crippen molar-refractivity contribution in [2.24, 2.45) is 11.8 Å². The molecule has 0 spiro atoms. The topological polar surface area (TPSA) is 0 Å². The van der Waals surface area contributed by atoms with E-state index >= 15 is 0 Å². The van der Waals surface area contributed by atoms with E-state index in [1.54, 1.807) is 6.08 Å². The minimum atomic E-state index is 0.0638. The number of rotatable bonds is 3. The summed E-state index contributed by atoms with van der Waals surface area (Å²) in [6.07, 6.45) is 4.86. The third-order valence-corrected chi connectivity index (χ3v) is 3.21. The molecule has 0 amide bonds. The summed E-state index contributed by atoms with van der Waals surface area (Å²) in [6.45, 7) is 8.50. The van der Waals surface area contributed by atoms with Gasteiger partial charge in [0.05, 0.1) is 0 Å². The highest BCUT2D eigenvalue weighted by Crippen LogP contribution is 2.32. The van der Waals surface area contributed by atoms with Gasteiger partial charge in [-0.25, -0.2) is 4.39 Å². The van der Waals surface area contributed by atoms with Crippen molar-refractivity contribution in [1.82, 2.24) is 0 Å². The predicted molar refractivity (Wildman–Crippen MR) is 59.7 cm³/mol. The number of hydrogen-bond acceptors (Lipinski definition) is 0. The van der Waals surface area contributed by atoms with Crippen molar-refractivity contribution in [2.45, 2.75) is 47.0 Å². The Kier molecular flexibility index (Phi) is 3.91. The van der Waals surface area contributed by atoms with E-state index in [2.05, 4.69) is 20.8 Å². The molecule has 0 saturated heterocycles. The van der Waals surface area contributed by atoms with Crippen molar-refractivity contribution in [3.8, 4) is 0 Å². The molecular formula is C13H21F. The third-order valence-electron chi connectivity index (χ3n) is 3.21. The monoisotopic (exact) mass is 196 g/mol. The molecule has 1 rings (SSSR count). The summed E-state index contributed by atoms with van der Waals surface area (Å²) in [6, 6.07) is 0. The number of allylic oxidation sites excluding steroid dienone is 4. The molecule has 14 heavy (non-hydrogen) atoms. The normalized spacial score (nSPS) is 24.9. The SMILES string of the molecule is CCC(C)CC1=C(C)CC(C)C(F)=C1.